The average Bonchev–Trinajstić information content (AvgIpc) is 3.27. The molecule has 2 aromatic heterocycles. The van der Waals surface area contributed by atoms with Gasteiger partial charge >= 0.3 is 0 Å². The SMILES string of the molecule is CCCCCCC(=O)NCc1ccc(Cn2c(CCCC)nc3c(NC(C)(C)C)nc4ccccc4c32)cc1. The van der Waals surface area contributed by atoms with Crippen molar-refractivity contribution in [1.82, 2.24) is 19.9 Å². The maximum absolute atomic E-state index is 12.2. The number of hydrogen-bond acceptors (Lipinski definition) is 4. The van der Waals surface area contributed by atoms with E-state index in [2.05, 4.69) is 92.3 Å². The third-order valence-electron chi connectivity index (χ3n) is 7.02. The molecule has 2 heterocycles. The van der Waals surface area contributed by atoms with Crippen molar-refractivity contribution in [3.63, 3.8) is 0 Å². The number of aryl methyl sites for hydroxylation is 1. The van der Waals surface area contributed by atoms with Gasteiger partial charge in [0.1, 0.15) is 11.3 Å². The lowest BCUT2D eigenvalue weighted by atomic mass is 10.1. The van der Waals surface area contributed by atoms with E-state index in [9.17, 15) is 4.79 Å². The number of unbranched alkanes of at least 4 members (excludes halogenated alkanes) is 4. The molecule has 39 heavy (non-hydrogen) atoms. The Morgan fingerprint density at radius 1 is 0.872 bits per heavy atom. The van der Waals surface area contributed by atoms with E-state index in [1.165, 1.54) is 18.4 Å². The van der Waals surface area contributed by atoms with Crippen molar-refractivity contribution in [3.05, 3.63) is 65.5 Å². The Labute approximate surface area is 233 Å². The third kappa shape index (κ3) is 7.59. The van der Waals surface area contributed by atoms with Gasteiger partial charge < -0.3 is 15.2 Å². The standard InChI is InChI=1S/C33H45N5O/c1-6-8-10-11-17-29(39)34-22-24-18-20-25(21-19-24)23-38-28(16-9-7-2)36-30-31(38)26-14-12-13-15-27(26)35-32(30)37-33(3,4)5/h12-15,18-21H,6-11,16-17,22-23H2,1-5H3,(H,34,39)(H,35,37). The fourth-order valence-corrected chi connectivity index (χ4v) is 4.97. The number of aromatic nitrogens is 3. The summed E-state index contributed by atoms with van der Waals surface area (Å²) in [6.45, 7) is 12.2. The van der Waals surface area contributed by atoms with Gasteiger partial charge in [0.2, 0.25) is 5.91 Å². The van der Waals surface area contributed by atoms with E-state index in [4.69, 9.17) is 9.97 Å². The second kappa shape index (κ2) is 13.1. The molecule has 208 valence electrons. The molecule has 0 radical (unpaired) electrons. The Balaban J connectivity index is 1.61. The summed E-state index contributed by atoms with van der Waals surface area (Å²) < 4.78 is 2.38. The van der Waals surface area contributed by atoms with Gasteiger partial charge in [-0.15, -0.1) is 0 Å². The quantitative estimate of drug-likeness (QED) is 0.174. The number of pyridine rings is 1. The fourth-order valence-electron chi connectivity index (χ4n) is 4.97. The number of nitrogens with one attached hydrogen (secondary N) is 2. The van der Waals surface area contributed by atoms with Crippen molar-refractivity contribution in [2.75, 3.05) is 5.32 Å². The molecule has 6 heteroatoms. The maximum atomic E-state index is 12.2. The highest BCUT2D eigenvalue weighted by Crippen LogP contribution is 2.32. The summed E-state index contributed by atoms with van der Waals surface area (Å²) in [5.41, 5.74) is 5.25. The lowest BCUT2D eigenvalue weighted by Crippen LogP contribution is -2.26. The topological polar surface area (TPSA) is 71.8 Å². The van der Waals surface area contributed by atoms with E-state index in [0.29, 0.717) is 13.0 Å². The highest BCUT2D eigenvalue weighted by Gasteiger charge is 2.21. The van der Waals surface area contributed by atoms with Crippen LogP contribution in [-0.4, -0.2) is 26.0 Å². The Morgan fingerprint density at radius 3 is 2.31 bits per heavy atom. The Bertz CT molecular complexity index is 1380. The highest BCUT2D eigenvalue weighted by atomic mass is 16.1. The number of carbonyl (C=O) groups is 1. The summed E-state index contributed by atoms with van der Waals surface area (Å²) in [7, 11) is 0. The van der Waals surface area contributed by atoms with Crippen molar-refractivity contribution < 1.29 is 4.79 Å². The number of imidazole rings is 1. The van der Waals surface area contributed by atoms with Gasteiger partial charge in [-0.2, -0.15) is 0 Å². The molecule has 0 spiro atoms. The first kappa shape index (κ1) is 28.6. The van der Waals surface area contributed by atoms with Crippen molar-refractivity contribution >= 4 is 33.7 Å². The number of amides is 1. The molecule has 0 bridgehead atoms. The maximum Gasteiger partial charge on any atom is 0.220 e. The van der Waals surface area contributed by atoms with E-state index in [-0.39, 0.29) is 11.4 Å². The van der Waals surface area contributed by atoms with E-state index in [1.807, 2.05) is 6.07 Å². The summed E-state index contributed by atoms with van der Waals surface area (Å²) in [5.74, 6) is 2.08. The van der Waals surface area contributed by atoms with E-state index in [0.717, 1.165) is 77.8 Å². The zero-order chi connectivity index (χ0) is 27.8. The summed E-state index contributed by atoms with van der Waals surface area (Å²) >= 11 is 0. The number of fused-ring (bicyclic) bond motifs is 3. The van der Waals surface area contributed by atoms with Crippen LogP contribution in [0.2, 0.25) is 0 Å². The third-order valence-corrected chi connectivity index (χ3v) is 7.02. The van der Waals surface area contributed by atoms with Crippen LogP contribution in [0.4, 0.5) is 5.82 Å². The smallest absolute Gasteiger partial charge is 0.220 e. The van der Waals surface area contributed by atoms with Crippen LogP contribution < -0.4 is 10.6 Å². The van der Waals surface area contributed by atoms with Gasteiger partial charge in [-0.1, -0.05) is 82.0 Å². The summed E-state index contributed by atoms with van der Waals surface area (Å²) in [6, 6.07) is 17.0. The minimum atomic E-state index is -0.128. The Kier molecular flexibility index (Phi) is 9.60. The predicted octanol–water partition coefficient (Wildman–Crippen LogP) is 7.77. The normalized spacial score (nSPS) is 11.8. The van der Waals surface area contributed by atoms with Gasteiger partial charge in [0.25, 0.3) is 0 Å². The second-order valence-electron chi connectivity index (χ2n) is 11.7. The number of para-hydroxylation sites is 1. The lowest BCUT2D eigenvalue weighted by Gasteiger charge is -2.22. The number of carbonyl (C=O) groups excluding carboxylic acids is 1. The summed E-state index contributed by atoms with van der Waals surface area (Å²) in [5, 5.41) is 7.80. The van der Waals surface area contributed by atoms with Crippen molar-refractivity contribution in [2.45, 2.75) is 105 Å². The van der Waals surface area contributed by atoms with Crippen LogP contribution in [-0.2, 0) is 24.3 Å². The van der Waals surface area contributed by atoms with Gasteiger partial charge in [0, 0.05) is 36.9 Å². The lowest BCUT2D eigenvalue weighted by molar-refractivity contribution is -0.121. The first-order valence-corrected chi connectivity index (χ1v) is 14.7. The Morgan fingerprint density at radius 2 is 1.59 bits per heavy atom. The van der Waals surface area contributed by atoms with Crippen molar-refractivity contribution in [1.29, 1.82) is 0 Å². The molecule has 0 aliphatic heterocycles. The number of rotatable bonds is 13. The van der Waals surface area contributed by atoms with Crippen LogP contribution >= 0.6 is 0 Å². The molecule has 2 aromatic carbocycles. The van der Waals surface area contributed by atoms with Crippen LogP contribution in [0.15, 0.2) is 48.5 Å². The highest BCUT2D eigenvalue weighted by molar-refractivity contribution is 6.07. The minimum absolute atomic E-state index is 0.128. The zero-order valence-electron chi connectivity index (χ0n) is 24.4. The fraction of sp³-hybridized carbons (Fsp3) is 0.485. The monoisotopic (exact) mass is 527 g/mol. The molecule has 0 aliphatic rings. The molecule has 0 unspecified atom stereocenters. The van der Waals surface area contributed by atoms with Crippen molar-refractivity contribution in [3.8, 4) is 0 Å². The molecule has 0 fully saturated rings. The van der Waals surface area contributed by atoms with E-state index < -0.39 is 0 Å². The molecule has 6 nitrogen and oxygen atoms in total. The molecular formula is C33H45N5O. The van der Waals surface area contributed by atoms with Crippen LogP contribution in [0.1, 0.15) is 96.5 Å². The summed E-state index contributed by atoms with van der Waals surface area (Å²) in [4.78, 5) is 22.4. The van der Waals surface area contributed by atoms with Crippen LogP contribution in [0.25, 0.3) is 21.9 Å². The first-order chi connectivity index (χ1) is 18.8. The summed E-state index contributed by atoms with van der Waals surface area (Å²) in [6.07, 6.45) is 8.23. The van der Waals surface area contributed by atoms with Gasteiger partial charge in [0.15, 0.2) is 5.82 Å². The first-order valence-electron chi connectivity index (χ1n) is 14.7. The number of nitrogens with zero attached hydrogens (tertiary/aromatic N) is 3. The van der Waals surface area contributed by atoms with E-state index in [1.54, 1.807) is 0 Å². The van der Waals surface area contributed by atoms with Gasteiger partial charge in [-0.05, 0) is 50.8 Å². The number of benzene rings is 2. The molecule has 0 atom stereocenters. The van der Waals surface area contributed by atoms with Gasteiger partial charge in [-0.3, -0.25) is 4.79 Å². The zero-order valence-corrected chi connectivity index (χ0v) is 24.4. The molecular weight excluding hydrogens is 482 g/mol. The van der Waals surface area contributed by atoms with Gasteiger partial charge in [0.05, 0.1) is 11.0 Å². The largest absolute Gasteiger partial charge is 0.364 e. The number of hydrogen-bond donors (Lipinski definition) is 2. The molecule has 0 aliphatic carbocycles. The Hall–Kier alpha value is -3.41. The van der Waals surface area contributed by atoms with E-state index >= 15 is 0 Å². The second-order valence-corrected chi connectivity index (χ2v) is 11.7. The predicted molar refractivity (Wildman–Crippen MR) is 163 cm³/mol. The molecule has 4 aromatic rings. The number of anilines is 1. The van der Waals surface area contributed by atoms with Crippen LogP contribution in [0.5, 0.6) is 0 Å². The molecule has 4 rings (SSSR count). The molecule has 2 N–H and O–H groups in total. The minimum Gasteiger partial charge on any atom is -0.364 e. The molecule has 1 amide bonds. The molecule has 0 saturated carbocycles. The van der Waals surface area contributed by atoms with Crippen molar-refractivity contribution in [2.24, 2.45) is 0 Å². The van der Waals surface area contributed by atoms with Crippen LogP contribution in [0.3, 0.4) is 0 Å². The average molecular weight is 528 g/mol. The molecule has 0 saturated heterocycles. The van der Waals surface area contributed by atoms with Crippen LogP contribution in [0, 0.1) is 0 Å². The van der Waals surface area contributed by atoms with Gasteiger partial charge in [-0.25, -0.2) is 9.97 Å².